The molecule has 0 bridgehead atoms. The van der Waals surface area contributed by atoms with E-state index in [1.54, 1.807) is 12.1 Å². The largest absolute Gasteiger partial charge is 0.356 e. The second-order valence-corrected chi connectivity index (χ2v) is 14.7. The summed E-state index contributed by atoms with van der Waals surface area (Å²) in [4.78, 5) is 62.4. The van der Waals surface area contributed by atoms with E-state index in [1.165, 1.54) is 11.6 Å². The summed E-state index contributed by atoms with van der Waals surface area (Å²) in [5, 5.41) is 0.622. The molecule has 3 heterocycles. The van der Waals surface area contributed by atoms with Crippen molar-refractivity contribution in [1.82, 2.24) is 5.06 Å². The number of amides is 2. The second kappa shape index (κ2) is 12.7. The van der Waals surface area contributed by atoms with E-state index in [9.17, 15) is 28.7 Å². The van der Waals surface area contributed by atoms with E-state index in [1.807, 2.05) is 6.07 Å². The maximum atomic E-state index is 12.2. The van der Waals surface area contributed by atoms with Crippen LogP contribution in [0.1, 0.15) is 84.3 Å². The van der Waals surface area contributed by atoms with Crippen LogP contribution in [0.4, 0.5) is 11.4 Å². The van der Waals surface area contributed by atoms with Gasteiger partial charge in [0.2, 0.25) is 5.69 Å². The van der Waals surface area contributed by atoms with Crippen molar-refractivity contribution in [3.63, 3.8) is 0 Å². The van der Waals surface area contributed by atoms with Crippen molar-refractivity contribution in [2.75, 3.05) is 18.0 Å². The average Bonchev–Trinajstić information content (AvgIpc) is 3.51. The molecule has 3 aliphatic heterocycles. The maximum absolute atomic E-state index is 12.2. The number of hydrogen-bond acceptors (Lipinski definition) is 6. The van der Waals surface area contributed by atoms with Crippen molar-refractivity contribution in [1.29, 1.82) is 0 Å². The predicted molar refractivity (Wildman–Crippen MR) is 176 cm³/mol. The minimum atomic E-state index is -4.38. The molecule has 0 atom stereocenters. The van der Waals surface area contributed by atoms with Crippen LogP contribution in [0, 0.1) is 0 Å². The molecule has 0 aromatic heterocycles. The Hall–Kier alpha value is -3.85. The Labute approximate surface area is 270 Å². The number of fused-ring (bicyclic) bond motifs is 2. The average molecular weight is 649 g/mol. The number of carbonyl (C=O) groups is 3. The Balaban J connectivity index is 1.34. The fraction of sp³-hybridized carbons (Fsp3) is 0.429. The van der Waals surface area contributed by atoms with Gasteiger partial charge in [-0.1, -0.05) is 38.1 Å². The van der Waals surface area contributed by atoms with Gasteiger partial charge in [-0.3, -0.25) is 14.2 Å². The van der Waals surface area contributed by atoms with Crippen molar-refractivity contribution in [2.45, 2.75) is 84.0 Å². The summed E-state index contributed by atoms with van der Waals surface area (Å²) in [6.45, 7) is 12.1. The Kier molecular flexibility index (Phi) is 9.28. The number of hydrogen-bond donors (Lipinski definition) is 2. The number of para-hydroxylation sites is 1. The van der Waals surface area contributed by atoms with Gasteiger partial charge < -0.3 is 19.5 Å². The zero-order valence-corrected chi connectivity index (χ0v) is 28.0. The lowest BCUT2D eigenvalue weighted by Gasteiger charge is -2.25. The normalized spacial score (nSPS) is 19.5. The molecule has 244 valence electrons. The molecule has 10 nitrogen and oxygen atoms in total. The van der Waals surface area contributed by atoms with Crippen LogP contribution in [-0.2, 0) is 34.6 Å². The number of likely N-dealkylation sites (N-methyl/N-ethyl adjacent to an activating group) is 1. The van der Waals surface area contributed by atoms with Gasteiger partial charge in [-0.2, -0.15) is 4.58 Å². The fourth-order valence-corrected chi connectivity index (χ4v) is 7.38. The molecule has 2 amide bonds. The quantitative estimate of drug-likeness (QED) is 0.146. The van der Waals surface area contributed by atoms with Crippen molar-refractivity contribution in [3.8, 4) is 0 Å². The Morgan fingerprint density at radius 1 is 0.978 bits per heavy atom. The molecular weight excluding hydrogens is 605 g/mol. The lowest BCUT2D eigenvalue weighted by Crippen LogP contribution is -2.31. The van der Waals surface area contributed by atoms with E-state index in [-0.39, 0.29) is 30.0 Å². The van der Waals surface area contributed by atoms with E-state index in [2.05, 4.69) is 80.5 Å². The van der Waals surface area contributed by atoms with E-state index in [0.717, 1.165) is 47.7 Å². The topological polar surface area (TPSA) is 127 Å². The van der Waals surface area contributed by atoms with Crippen molar-refractivity contribution in [3.05, 3.63) is 77.5 Å². The molecular formula is C35H43N3O7P+. The van der Waals surface area contributed by atoms with E-state index < -0.39 is 30.8 Å². The third-order valence-electron chi connectivity index (χ3n) is 9.30. The number of benzene rings is 2. The van der Waals surface area contributed by atoms with Crippen LogP contribution in [-0.4, -0.2) is 56.0 Å². The Morgan fingerprint density at radius 3 is 2.35 bits per heavy atom. The molecule has 2 N–H and O–H groups in total. The molecule has 1 fully saturated rings. The molecule has 5 rings (SSSR count). The van der Waals surface area contributed by atoms with Crippen molar-refractivity contribution < 1.29 is 38.1 Å². The van der Waals surface area contributed by atoms with Crippen molar-refractivity contribution >= 4 is 47.8 Å². The van der Waals surface area contributed by atoms with Crippen LogP contribution in [0.3, 0.4) is 0 Å². The molecule has 0 spiro atoms. The van der Waals surface area contributed by atoms with Crippen LogP contribution in [0.15, 0.2) is 66.4 Å². The molecule has 0 aliphatic carbocycles. The number of allylic oxidation sites excluding steroid dienone is 4. The molecule has 3 aliphatic rings. The number of unbranched alkanes of at least 4 members (excludes halogenated alkanes) is 2. The van der Waals surface area contributed by atoms with Crippen LogP contribution in [0.2, 0.25) is 0 Å². The van der Waals surface area contributed by atoms with Gasteiger partial charge in [0.15, 0.2) is 5.71 Å². The van der Waals surface area contributed by atoms with E-state index in [0.29, 0.717) is 18.0 Å². The third-order valence-corrected chi connectivity index (χ3v) is 10.2. The molecule has 11 heteroatoms. The Bertz CT molecular complexity index is 1700. The summed E-state index contributed by atoms with van der Waals surface area (Å²) >= 11 is 0. The standard InChI is InChI=1S/C35H42N3O7P/c1-6-36-28-19-18-24(46(42,43)44)23-26(28)35(4,5)29(36)15-12-16-30-34(2,3)25-13-9-10-14-27(25)37(30)22-11-7-8-17-33(41)45-38-31(39)20-21-32(38)40/h9-10,12-16,18-19,23H,6-8,11,17,20-22H2,1-5H3,(H-,42,43,44)/p+1. The van der Waals surface area contributed by atoms with Gasteiger partial charge in [-0.25, -0.2) is 4.79 Å². The van der Waals surface area contributed by atoms with Gasteiger partial charge in [0.05, 0.1) is 10.7 Å². The van der Waals surface area contributed by atoms with Gasteiger partial charge in [0.1, 0.15) is 6.54 Å². The first-order valence-electron chi connectivity index (χ1n) is 15.9. The predicted octanol–water partition coefficient (Wildman–Crippen LogP) is 5.29. The zero-order chi connectivity index (χ0) is 33.4. The summed E-state index contributed by atoms with van der Waals surface area (Å²) in [6.07, 6.45) is 8.79. The third kappa shape index (κ3) is 6.26. The summed E-state index contributed by atoms with van der Waals surface area (Å²) in [5.41, 5.74) is 5.72. The highest BCUT2D eigenvalue weighted by molar-refractivity contribution is 7.60. The number of nitrogens with zero attached hydrogens (tertiary/aromatic N) is 3. The number of imide groups is 1. The lowest BCUT2D eigenvalue weighted by molar-refractivity contribution is -0.438. The highest BCUT2D eigenvalue weighted by Gasteiger charge is 2.44. The molecule has 2 aromatic rings. The fourth-order valence-electron chi connectivity index (χ4n) is 6.82. The summed E-state index contributed by atoms with van der Waals surface area (Å²) in [7, 11) is -4.38. The number of hydroxylamine groups is 2. The lowest BCUT2D eigenvalue weighted by atomic mass is 9.81. The smallest absolute Gasteiger partial charge is 0.344 e. The van der Waals surface area contributed by atoms with Crippen LogP contribution >= 0.6 is 7.60 Å². The first-order chi connectivity index (χ1) is 21.7. The summed E-state index contributed by atoms with van der Waals surface area (Å²) in [5.74, 6) is -1.52. The van der Waals surface area contributed by atoms with Crippen LogP contribution in [0.5, 0.6) is 0 Å². The molecule has 1 saturated heterocycles. The highest BCUT2D eigenvalue weighted by Crippen LogP contribution is 2.49. The molecule has 2 aromatic carbocycles. The summed E-state index contributed by atoms with van der Waals surface area (Å²) in [6, 6.07) is 13.3. The minimum absolute atomic E-state index is 0.0255. The van der Waals surface area contributed by atoms with Crippen LogP contribution < -0.4 is 10.2 Å². The van der Waals surface area contributed by atoms with Crippen molar-refractivity contribution in [2.24, 2.45) is 0 Å². The monoisotopic (exact) mass is 648 g/mol. The Morgan fingerprint density at radius 2 is 1.67 bits per heavy atom. The van der Waals surface area contributed by atoms with Gasteiger partial charge >= 0.3 is 13.6 Å². The first kappa shape index (κ1) is 33.5. The number of rotatable bonds is 11. The van der Waals surface area contributed by atoms with Crippen LogP contribution in [0.25, 0.3) is 0 Å². The number of carbonyl (C=O) groups excluding carboxylic acids is 3. The maximum Gasteiger partial charge on any atom is 0.356 e. The van der Waals surface area contributed by atoms with E-state index in [4.69, 9.17) is 4.84 Å². The van der Waals surface area contributed by atoms with Gasteiger partial charge in [-0.15, -0.1) is 5.06 Å². The highest BCUT2D eigenvalue weighted by atomic mass is 31.2. The van der Waals surface area contributed by atoms with Gasteiger partial charge in [0, 0.05) is 66.7 Å². The van der Waals surface area contributed by atoms with E-state index >= 15 is 0 Å². The SMILES string of the molecule is CCN1/C(=C/C=C/C2=[N+](CCCCCC(=O)ON3C(=O)CCC3=O)c3ccccc3C2(C)C)C(C)(C)c2cc(P(=O)(O)O)ccc21. The molecule has 46 heavy (non-hydrogen) atoms. The molecule has 0 saturated carbocycles. The summed E-state index contributed by atoms with van der Waals surface area (Å²) < 4.78 is 14.3. The molecule has 0 unspecified atom stereocenters. The zero-order valence-electron chi connectivity index (χ0n) is 27.2. The number of anilines is 1. The first-order valence-corrected chi connectivity index (χ1v) is 17.5. The minimum Gasteiger partial charge on any atom is -0.344 e. The second-order valence-electron chi connectivity index (χ2n) is 13.1. The van der Waals surface area contributed by atoms with Gasteiger partial charge in [0.25, 0.3) is 11.8 Å². The molecule has 0 radical (unpaired) electrons. The van der Waals surface area contributed by atoms with Gasteiger partial charge in [-0.05, 0) is 63.5 Å².